The number of hydrogen-bond donors (Lipinski definition) is 2. The van der Waals surface area contributed by atoms with Crippen LogP contribution in [-0.2, 0) is 11.2 Å². The monoisotopic (exact) mass is 377 g/mol. The number of fused-ring (bicyclic) bond motifs is 1. The highest BCUT2D eigenvalue weighted by Crippen LogP contribution is 2.29. The zero-order valence-corrected chi connectivity index (χ0v) is 15.7. The molecule has 3 N–H and O–H groups in total. The minimum Gasteiger partial charge on any atom is -0.478 e. The molecule has 0 bridgehead atoms. The van der Waals surface area contributed by atoms with Crippen LogP contribution in [-0.4, -0.2) is 17.0 Å². The molecule has 1 atom stereocenters. The lowest BCUT2D eigenvalue weighted by Gasteiger charge is -2.17. The lowest BCUT2D eigenvalue weighted by atomic mass is 9.95. The number of unbranched alkanes of at least 4 members (excludes halogenated alkanes) is 1. The number of benzene rings is 3. The van der Waals surface area contributed by atoms with E-state index in [2.05, 4.69) is 6.92 Å². The van der Waals surface area contributed by atoms with Crippen molar-refractivity contribution in [2.75, 3.05) is 0 Å². The number of carbonyl (C=O) groups is 2. The van der Waals surface area contributed by atoms with E-state index in [-0.39, 0.29) is 5.56 Å². The zero-order chi connectivity index (χ0) is 20.1. The lowest BCUT2D eigenvalue weighted by molar-refractivity contribution is -0.145. The Labute approximate surface area is 163 Å². The summed E-state index contributed by atoms with van der Waals surface area (Å²) in [6.07, 6.45) is 1.81. The average Bonchev–Trinajstić information content (AvgIpc) is 2.69. The minimum atomic E-state index is -1.25. The van der Waals surface area contributed by atoms with E-state index in [4.69, 9.17) is 10.5 Å². The fraction of sp³-hybridized carbons (Fsp3) is 0.217. The largest absolute Gasteiger partial charge is 0.478 e. The molecule has 0 saturated carbocycles. The van der Waals surface area contributed by atoms with E-state index in [9.17, 15) is 14.7 Å². The molecular formula is C23H23NO4. The number of para-hydroxylation sites is 1. The smallest absolute Gasteiger partial charge is 0.349 e. The number of carboxylic acid groups (broad SMARTS) is 1. The molecule has 3 rings (SSSR count). The third-order valence-electron chi connectivity index (χ3n) is 4.65. The van der Waals surface area contributed by atoms with Gasteiger partial charge in [0.25, 0.3) is 0 Å². The first-order valence-corrected chi connectivity index (χ1v) is 9.30. The second kappa shape index (κ2) is 8.57. The minimum absolute atomic E-state index is 0.289. The van der Waals surface area contributed by atoms with Crippen molar-refractivity contribution < 1.29 is 19.4 Å². The van der Waals surface area contributed by atoms with E-state index in [1.165, 1.54) is 6.07 Å². The quantitative estimate of drug-likeness (QED) is 0.605. The van der Waals surface area contributed by atoms with Gasteiger partial charge in [-0.25, -0.2) is 4.79 Å². The third kappa shape index (κ3) is 4.31. The van der Waals surface area contributed by atoms with Crippen LogP contribution in [0.3, 0.4) is 0 Å². The van der Waals surface area contributed by atoms with Crippen LogP contribution in [0, 0.1) is 0 Å². The Balaban J connectivity index is 2.09. The molecule has 1 unspecified atom stereocenters. The Morgan fingerprint density at radius 2 is 1.82 bits per heavy atom. The maximum Gasteiger partial charge on any atom is 0.349 e. The van der Waals surface area contributed by atoms with Gasteiger partial charge in [-0.3, -0.25) is 4.79 Å². The summed E-state index contributed by atoms with van der Waals surface area (Å²) in [7, 11) is 0. The van der Waals surface area contributed by atoms with Gasteiger partial charge in [-0.1, -0.05) is 49.7 Å². The predicted octanol–water partition coefficient (Wildman–Crippen LogP) is 4.49. The topological polar surface area (TPSA) is 89.6 Å². The van der Waals surface area contributed by atoms with E-state index < -0.39 is 18.0 Å². The van der Waals surface area contributed by atoms with E-state index >= 15 is 0 Å². The Bertz CT molecular complexity index is 998. The Morgan fingerprint density at radius 1 is 1.07 bits per heavy atom. The SMILES string of the molecule is CCCCc1ccc2c(C(N)=O)cc(C(Oc3ccccc3)C(=O)O)cc2c1. The van der Waals surface area contributed by atoms with Crippen molar-refractivity contribution in [1.82, 2.24) is 0 Å². The van der Waals surface area contributed by atoms with Gasteiger partial charge in [-0.15, -0.1) is 0 Å². The van der Waals surface area contributed by atoms with Crippen LogP contribution in [0.25, 0.3) is 10.8 Å². The molecule has 0 aliphatic heterocycles. The molecule has 5 heteroatoms. The van der Waals surface area contributed by atoms with Crippen molar-refractivity contribution in [3.63, 3.8) is 0 Å². The fourth-order valence-corrected chi connectivity index (χ4v) is 3.23. The van der Waals surface area contributed by atoms with Gasteiger partial charge in [0, 0.05) is 11.1 Å². The van der Waals surface area contributed by atoms with Crippen molar-refractivity contribution in [2.45, 2.75) is 32.3 Å². The number of primary amides is 1. The number of carboxylic acids is 1. The van der Waals surface area contributed by atoms with E-state index in [1.807, 2.05) is 24.3 Å². The van der Waals surface area contributed by atoms with E-state index in [1.54, 1.807) is 30.3 Å². The normalized spacial score (nSPS) is 11.9. The van der Waals surface area contributed by atoms with Gasteiger partial charge in [-0.05, 0) is 53.4 Å². The van der Waals surface area contributed by atoms with Gasteiger partial charge >= 0.3 is 5.97 Å². The Hall–Kier alpha value is -3.34. The molecule has 5 nitrogen and oxygen atoms in total. The molecule has 0 spiro atoms. The summed E-state index contributed by atoms with van der Waals surface area (Å²) in [4.78, 5) is 23.9. The Morgan fingerprint density at radius 3 is 2.46 bits per heavy atom. The molecule has 0 aromatic heterocycles. The second-order valence-electron chi connectivity index (χ2n) is 6.74. The third-order valence-corrected chi connectivity index (χ3v) is 4.65. The van der Waals surface area contributed by atoms with Gasteiger partial charge in [-0.2, -0.15) is 0 Å². The molecule has 0 aliphatic carbocycles. The van der Waals surface area contributed by atoms with Gasteiger partial charge in [0.15, 0.2) is 0 Å². The number of nitrogens with two attached hydrogens (primary N) is 1. The van der Waals surface area contributed by atoms with Crippen LogP contribution in [0.4, 0.5) is 0 Å². The van der Waals surface area contributed by atoms with Crippen molar-refractivity contribution in [2.24, 2.45) is 5.73 Å². The summed E-state index contributed by atoms with van der Waals surface area (Å²) in [5.74, 6) is -1.30. The van der Waals surface area contributed by atoms with Crippen LogP contribution in [0.5, 0.6) is 5.75 Å². The van der Waals surface area contributed by atoms with Crippen LogP contribution >= 0.6 is 0 Å². The maximum atomic E-state index is 12.0. The number of ether oxygens (including phenoxy) is 1. The second-order valence-corrected chi connectivity index (χ2v) is 6.74. The molecule has 0 heterocycles. The van der Waals surface area contributed by atoms with Crippen molar-refractivity contribution in [3.8, 4) is 5.75 Å². The molecule has 0 radical (unpaired) electrons. The lowest BCUT2D eigenvalue weighted by Crippen LogP contribution is -2.20. The number of amides is 1. The van der Waals surface area contributed by atoms with Crippen LogP contribution < -0.4 is 10.5 Å². The molecule has 0 aliphatic rings. The molecule has 3 aromatic carbocycles. The molecule has 28 heavy (non-hydrogen) atoms. The summed E-state index contributed by atoms with van der Waals surface area (Å²) in [6, 6.07) is 17.9. The van der Waals surface area contributed by atoms with Gasteiger partial charge in [0.1, 0.15) is 5.75 Å². The first-order chi connectivity index (χ1) is 13.5. The van der Waals surface area contributed by atoms with Crippen molar-refractivity contribution in [3.05, 3.63) is 77.4 Å². The zero-order valence-electron chi connectivity index (χ0n) is 15.7. The van der Waals surface area contributed by atoms with Gasteiger partial charge < -0.3 is 15.6 Å². The molecular weight excluding hydrogens is 354 g/mol. The van der Waals surface area contributed by atoms with E-state index in [0.29, 0.717) is 16.7 Å². The average molecular weight is 377 g/mol. The van der Waals surface area contributed by atoms with Crippen molar-refractivity contribution in [1.29, 1.82) is 0 Å². The highest BCUT2D eigenvalue weighted by atomic mass is 16.5. The summed E-state index contributed by atoms with van der Waals surface area (Å²) in [5.41, 5.74) is 7.37. The summed E-state index contributed by atoms with van der Waals surface area (Å²) in [5, 5.41) is 11.2. The predicted molar refractivity (Wildman–Crippen MR) is 109 cm³/mol. The number of hydrogen-bond acceptors (Lipinski definition) is 3. The van der Waals surface area contributed by atoms with Gasteiger partial charge in [0.05, 0.1) is 0 Å². The summed E-state index contributed by atoms with van der Waals surface area (Å²) < 4.78 is 5.69. The summed E-state index contributed by atoms with van der Waals surface area (Å²) in [6.45, 7) is 2.13. The van der Waals surface area contributed by atoms with Crippen LogP contribution in [0.15, 0.2) is 60.7 Å². The first kappa shape index (κ1) is 19.4. The highest BCUT2D eigenvalue weighted by molar-refractivity contribution is 6.07. The molecule has 0 fully saturated rings. The van der Waals surface area contributed by atoms with Gasteiger partial charge in [0.2, 0.25) is 12.0 Å². The molecule has 3 aromatic rings. The highest BCUT2D eigenvalue weighted by Gasteiger charge is 2.24. The fourth-order valence-electron chi connectivity index (χ4n) is 3.23. The van der Waals surface area contributed by atoms with Crippen LogP contribution in [0.1, 0.15) is 47.4 Å². The maximum absolute atomic E-state index is 12.0. The number of rotatable bonds is 8. The standard InChI is InChI=1S/C23H23NO4/c1-2-3-7-15-10-11-19-16(12-15)13-17(14-20(19)22(24)25)21(23(26)27)28-18-8-5-4-6-9-18/h4-6,8-14,21H,2-3,7H2,1H3,(H2,24,25)(H,26,27). The number of aryl methyl sites for hydroxylation is 1. The molecule has 0 saturated heterocycles. The van der Waals surface area contributed by atoms with Crippen molar-refractivity contribution >= 4 is 22.6 Å². The molecule has 1 amide bonds. The number of aliphatic carboxylic acids is 1. The van der Waals surface area contributed by atoms with Crippen LogP contribution in [0.2, 0.25) is 0 Å². The van der Waals surface area contributed by atoms with E-state index in [0.717, 1.165) is 30.2 Å². The Kier molecular flexibility index (Phi) is 5.94. The molecule has 144 valence electrons. The number of carbonyl (C=O) groups excluding carboxylic acids is 1. The first-order valence-electron chi connectivity index (χ1n) is 9.30. The summed E-state index contributed by atoms with van der Waals surface area (Å²) >= 11 is 0.